The molecule has 4 amide bonds. The van der Waals surface area contributed by atoms with Gasteiger partial charge in [0.05, 0.1) is 6.42 Å². The highest BCUT2D eigenvalue weighted by Gasteiger charge is 2.55. The number of hydrogen-bond donors (Lipinski definition) is 2. The zero-order chi connectivity index (χ0) is 42.5. The minimum atomic E-state index is -0.925. The minimum absolute atomic E-state index is 0.0147. The second-order valence-electron chi connectivity index (χ2n) is 16.5. The fourth-order valence-electron chi connectivity index (χ4n) is 6.83. The molecule has 6 rings (SSSR count). The average Bonchev–Trinajstić information content (AvgIpc) is 3.52. The molecule has 0 spiro atoms. The molecule has 0 saturated carbocycles. The summed E-state index contributed by atoms with van der Waals surface area (Å²) in [6.07, 6.45) is 0.537. The molecule has 13 nitrogen and oxygen atoms in total. The zero-order valence-electron chi connectivity index (χ0n) is 34.1. The van der Waals surface area contributed by atoms with Gasteiger partial charge < -0.3 is 29.7 Å². The molecule has 0 aliphatic carbocycles. The number of benzene rings is 3. The highest BCUT2D eigenvalue weighted by molar-refractivity contribution is 8.00. The van der Waals surface area contributed by atoms with E-state index in [2.05, 4.69) is 10.6 Å². The van der Waals surface area contributed by atoms with Gasteiger partial charge in [-0.25, -0.2) is 9.59 Å². The number of rotatable bonds is 12. The first-order valence-corrected chi connectivity index (χ1v) is 20.6. The summed E-state index contributed by atoms with van der Waals surface area (Å²) in [5.41, 5.74) is 2.46. The van der Waals surface area contributed by atoms with Gasteiger partial charge in [-0.3, -0.25) is 24.1 Å². The summed E-state index contributed by atoms with van der Waals surface area (Å²) in [5, 5.41) is 4.85. The molecule has 3 heterocycles. The van der Waals surface area contributed by atoms with E-state index in [4.69, 9.17) is 14.2 Å². The first-order valence-electron chi connectivity index (χ1n) is 19.5. The van der Waals surface area contributed by atoms with E-state index >= 15 is 0 Å². The summed E-state index contributed by atoms with van der Waals surface area (Å²) in [6, 6.07) is 24.8. The van der Waals surface area contributed by atoms with Crippen LogP contribution in [0, 0.1) is 0 Å². The Morgan fingerprint density at radius 3 is 2.03 bits per heavy atom. The Hall–Kier alpha value is -5.89. The lowest BCUT2D eigenvalue weighted by molar-refractivity contribution is -0.155. The fourth-order valence-corrected chi connectivity index (χ4v) is 8.14. The predicted octanol–water partition coefficient (Wildman–Crippen LogP) is 6.80. The number of esters is 2. The molecule has 0 unspecified atom stereocenters. The highest BCUT2D eigenvalue weighted by Crippen LogP contribution is 2.43. The second kappa shape index (κ2) is 17.9. The molecule has 0 bridgehead atoms. The Kier molecular flexibility index (Phi) is 13.0. The van der Waals surface area contributed by atoms with Crippen LogP contribution in [0.3, 0.4) is 0 Å². The number of carbonyl (C=O) groups is 6. The van der Waals surface area contributed by atoms with Crippen molar-refractivity contribution in [1.29, 1.82) is 0 Å². The summed E-state index contributed by atoms with van der Waals surface area (Å²) in [7, 11) is 0. The van der Waals surface area contributed by atoms with Crippen LogP contribution in [0.1, 0.15) is 83.6 Å². The summed E-state index contributed by atoms with van der Waals surface area (Å²) in [5.74, 6) is -1.92. The monoisotopic (exact) mass is 822 g/mol. The van der Waals surface area contributed by atoms with E-state index in [1.165, 1.54) is 16.7 Å². The van der Waals surface area contributed by atoms with E-state index in [0.717, 1.165) is 16.7 Å². The Morgan fingerprint density at radius 1 is 0.831 bits per heavy atom. The van der Waals surface area contributed by atoms with Crippen LogP contribution in [-0.2, 0) is 44.7 Å². The van der Waals surface area contributed by atoms with E-state index in [-0.39, 0.29) is 36.1 Å². The lowest BCUT2D eigenvalue weighted by atomic mass is 10.00. The highest BCUT2D eigenvalue weighted by atomic mass is 32.2. The number of hydrogen-bond acceptors (Lipinski definition) is 10. The van der Waals surface area contributed by atoms with Gasteiger partial charge in [-0.1, -0.05) is 72.8 Å². The van der Waals surface area contributed by atoms with Gasteiger partial charge in [0, 0.05) is 36.5 Å². The van der Waals surface area contributed by atoms with Gasteiger partial charge in [0.1, 0.15) is 28.3 Å². The smallest absolute Gasteiger partial charge is 0.408 e. The number of carbonyl (C=O) groups excluding carboxylic acids is 6. The number of alkyl carbamates (subject to hydrolysis) is 1. The molecule has 3 aliphatic rings. The van der Waals surface area contributed by atoms with E-state index in [1.54, 1.807) is 64.7 Å². The Balaban J connectivity index is 1.19. The second-order valence-corrected chi connectivity index (χ2v) is 17.6. The van der Waals surface area contributed by atoms with Gasteiger partial charge in [-0.15, -0.1) is 11.8 Å². The molecule has 0 radical (unpaired) electrons. The summed E-state index contributed by atoms with van der Waals surface area (Å²) in [4.78, 5) is 82.2. The summed E-state index contributed by atoms with van der Waals surface area (Å²) >= 11 is 1.37. The van der Waals surface area contributed by atoms with E-state index in [9.17, 15) is 28.8 Å². The third-order valence-corrected chi connectivity index (χ3v) is 10.7. The lowest BCUT2D eigenvalue weighted by Crippen LogP contribution is -2.70. The third kappa shape index (κ3) is 11.0. The predicted molar refractivity (Wildman–Crippen MR) is 222 cm³/mol. The summed E-state index contributed by atoms with van der Waals surface area (Å²) in [6.45, 7) is 11.2. The van der Waals surface area contributed by atoms with Crippen LogP contribution in [0.5, 0.6) is 0 Å². The largest absolute Gasteiger partial charge is 0.460 e. The van der Waals surface area contributed by atoms with Crippen LogP contribution in [0.15, 0.2) is 108 Å². The van der Waals surface area contributed by atoms with E-state index < -0.39 is 52.7 Å². The Bertz CT molecular complexity index is 2100. The molecule has 2 atom stereocenters. The number of ether oxygens (including phenoxy) is 3. The molecule has 3 aromatic carbocycles. The number of fused-ring (bicyclic) bond motifs is 1. The van der Waals surface area contributed by atoms with Crippen LogP contribution in [-0.4, -0.2) is 80.5 Å². The van der Waals surface area contributed by atoms with Crippen molar-refractivity contribution in [1.82, 2.24) is 15.1 Å². The number of amides is 4. The van der Waals surface area contributed by atoms with E-state index in [0.29, 0.717) is 36.3 Å². The van der Waals surface area contributed by atoms with E-state index in [1.807, 2.05) is 72.8 Å². The van der Waals surface area contributed by atoms with Gasteiger partial charge in [0.2, 0.25) is 11.8 Å². The number of likely N-dealkylation sites (tertiary alicyclic amines) is 1. The standard InChI is InChI=1S/C45H50N4O9S/c1-44(2,3)57-35(51)22-21-34(50)46-33-19-17-28(18-20-33)26-48-24-23-31(39(48)52)25-32-27-59-41-36(47-43(55)58-45(4,5)6)40(53)49(41)37(32)42(54)56-38(29-13-9-7-10-14-29)30-15-11-8-12-16-30/h7-20,25,36,38,41H,21-24,26-27H2,1-6H3,(H,46,50)(H,47,55)/t36-,41-/m1/s1. The molecule has 310 valence electrons. The van der Waals surface area contributed by atoms with Crippen molar-refractivity contribution in [3.63, 3.8) is 0 Å². The van der Waals surface area contributed by atoms with Crippen LogP contribution in [0.4, 0.5) is 10.5 Å². The molecule has 3 aromatic rings. The lowest BCUT2D eigenvalue weighted by Gasteiger charge is -2.49. The molecule has 59 heavy (non-hydrogen) atoms. The van der Waals surface area contributed by atoms with Gasteiger partial charge in [0.25, 0.3) is 5.91 Å². The maximum absolute atomic E-state index is 14.4. The molecule has 2 fully saturated rings. The van der Waals surface area contributed by atoms with Crippen LogP contribution in [0.25, 0.3) is 0 Å². The van der Waals surface area contributed by atoms with Crippen molar-refractivity contribution < 1.29 is 43.0 Å². The molecule has 2 N–H and O–H groups in total. The maximum atomic E-state index is 14.4. The zero-order valence-corrected chi connectivity index (χ0v) is 34.9. The number of nitrogens with one attached hydrogen (secondary N) is 2. The molecule has 14 heteroatoms. The minimum Gasteiger partial charge on any atom is -0.460 e. The van der Waals surface area contributed by atoms with Crippen molar-refractivity contribution in [3.8, 4) is 0 Å². The molecule has 0 aromatic heterocycles. The maximum Gasteiger partial charge on any atom is 0.408 e. The van der Waals surface area contributed by atoms with Gasteiger partial charge >= 0.3 is 18.0 Å². The van der Waals surface area contributed by atoms with Crippen LogP contribution < -0.4 is 10.6 Å². The molecular formula is C45H50N4O9S. The molecular weight excluding hydrogens is 773 g/mol. The normalized spacial score (nSPS) is 18.7. The number of β-lactam (4-membered cyclic amide) rings is 1. The van der Waals surface area contributed by atoms with Crippen molar-refractivity contribution in [2.45, 2.75) is 96.1 Å². The fraction of sp³-hybridized carbons (Fsp3) is 0.378. The van der Waals surface area contributed by atoms with Crippen molar-refractivity contribution in [2.75, 3.05) is 17.6 Å². The van der Waals surface area contributed by atoms with Crippen molar-refractivity contribution >= 4 is 53.2 Å². The van der Waals surface area contributed by atoms with Crippen LogP contribution in [0.2, 0.25) is 0 Å². The average molecular weight is 823 g/mol. The molecule has 3 aliphatic heterocycles. The molecule has 2 saturated heterocycles. The number of nitrogens with zero attached hydrogens (tertiary/aromatic N) is 2. The summed E-state index contributed by atoms with van der Waals surface area (Å²) < 4.78 is 16.9. The first-order chi connectivity index (χ1) is 28.0. The Labute approximate surface area is 348 Å². The van der Waals surface area contributed by atoms with Gasteiger partial charge in [0.15, 0.2) is 6.10 Å². The van der Waals surface area contributed by atoms with Gasteiger partial charge in [-0.05, 0) is 88.4 Å². The number of thioether (sulfide) groups is 1. The number of anilines is 1. The van der Waals surface area contributed by atoms with Crippen molar-refractivity contribution in [2.24, 2.45) is 0 Å². The topological polar surface area (TPSA) is 161 Å². The third-order valence-electron chi connectivity index (χ3n) is 9.44. The Morgan fingerprint density at radius 2 is 1.44 bits per heavy atom. The first kappa shape index (κ1) is 42.7. The van der Waals surface area contributed by atoms with Gasteiger partial charge in [-0.2, -0.15) is 0 Å². The quantitative estimate of drug-likeness (QED) is 0.0861. The van der Waals surface area contributed by atoms with Crippen molar-refractivity contribution in [3.05, 3.63) is 125 Å². The SMILES string of the molecule is CC(C)(C)OC(=O)CCC(=O)Nc1ccc(CN2CCC(=CC3=C(C(=O)OC(c4ccccc4)c4ccccc4)N4C(=O)[C@@H](NC(=O)OC(C)(C)C)[C@H]4SC3)C2=O)cc1. The number of allylic oxidation sites excluding steroid dienone is 1. The van der Waals surface area contributed by atoms with Crippen LogP contribution >= 0.6 is 11.8 Å².